The van der Waals surface area contributed by atoms with Gasteiger partial charge in [0.25, 0.3) is 0 Å². The van der Waals surface area contributed by atoms with E-state index in [4.69, 9.17) is 4.74 Å². The van der Waals surface area contributed by atoms with Crippen molar-refractivity contribution in [3.8, 4) is 5.75 Å². The Bertz CT molecular complexity index is 893. The quantitative estimate of drug-likeness (QED) is 0.463. The summed E-state index contributed by atoms with van der Waals surface area (Å²) in [7, 11) is 2.59. The van der Waals surface area contributed by atoms with E-state index in [1.165, 1.54) is 20.2 Å². The molecule has 0 heterocycles. The second kappa shape index (κ2) is 12.2. The van der Waals surface area contributed by atoms with E-state index in [2.05, 4.69) is 15.4 Å². The predicted octanol–water partition coefficient (Wildman–Crippen LogP) is 2.43. The van der Waals surface area contributed by atoms with E-state index < -0.39 is 48.1 Å². The molecule has 1 rings (SSSR count). The number of hydrogen-bond acceptors (Lipinski definition) is 7. The van der Waals surface area contributed by atoms with Crippen LogP contribution in [0.25, 0.3) is 0 Å². The van der Waals surface area contributed by atoms with Gasteiger partial charge in [0.05, 0.1) is 7.11 Å². The number of rotatable bonds is 9. The van der Waals surface area contributed by atoms with Crippen LogP contribution in [0, 0.1) is 12.8 Å². The lowest BCUT2D eigenvalue weighted by Gasteiger charge is -2.32. The van der Waals surface area contributed by atoms with E-state index in [1.54, 1.807) is 39.8 Å². The number of ether oxygens (including phenoxy) is 2. The molecule has 3 amide bonds. The van der Waals surface area contributed by atoms with E-state index in [0.717, 1.165) is 4.90 Å². The van der Waals surface area contributed by atoms with Gasteiger partial charge < -0.3 is 30.1 Å². The summed E-state index contributed by atoms with van der Waals surface area (Å²) in [4.78, 5) is 51.7. The van der Waals surface area contributed by atoms with Crippen molar-refractivity contribution in [2.24, 2.45) is 5.92 Å². The van der Waals surface area contributed by atoms with Crippen molar-refractivity contribution in [3.05, 3.63) is 29.3 Å². The molecular weight excluding hydrogens is 442 g/mol. The molecule has 190 valence electrons. The van der Waals surface area contributed by atoms with Gasteiger partial charge in [0.2, 0.25) is 11.8 Å². The number of nitrogens with one attached hydrogen (secondary N) is 2. The Balaban J connectivity index is 3.32. The summed E-state index contributed by atoms with van der Waals surface area (Å²) >= 11 is 0. The van der Waals surface area contributed by atoms with Crippen LogP contribution in [-0.2, 0) is 23.9 Å². The molecule has 0 spiro atoms. The molecule has 0 radical (unpaired) electrons. The van der Waals surface area contributed by atoms with Crippen molar-refractivity contribution in [1.82, 2.24) is 15.5 Å². The zero-order valence-electron chi connectivity index (χ0n) is 21.2. The lowest BCUT2D eigenvalue weighted by Crippen LogP contribution is -2.52. The summed E-state index contributed by atoms with van der Waals surface area (Å²) in [6.45, 7) is 10.2. The smallest absolute Gasteiger partial charge is 0.408 e. The highest BCUT2D eigenvalue weighted by Crippen LogP contribution is 2.31. The highest BCUT2D eigenvalue weighted by molar-refractivity contribution is 5.93. The molecule has 0 bridgehead atoms. The molecule has 0 aromatic heterocycles. The van der Waals surface area contributed by atoms with E-state index in [-0.39, 0.29) is 17.2 Å². The Hall–Kier alpha value is -3.30. The van der Waals surface area contributed by atoms with Gasteiger partial charge in [-0.3, -0.25) is 14.4 Å². The number of carbonyl (C=O) groups excluding carboxylic acids is 4. The van der Waals surface area contributed by atoms with E-state index in [1.807, 2.05) is 13.8 Å². The van der Waals surface area contributed by atoms with Gasteiger partial charge in [0.15, 0.2) is 0 Å². The standard InChI is InChI=1S/C24H37N3O7/c1-14(2)12-17(26-23(32)34-24(4,5)6)22(31)27(7)19(21(30)25-13-18(28)33-8)16-11-9-10-15(3)20(16)29/h9-11,14,17,19,29H,12-13H2,1-8H3,(H,25,30)(H,26,32). The van der Waals surface area contributed by atoms with Crippen LogP contribution in [0.15, 0.2) is 18.2 Å². The lowest BCUT2D eigenvalue weighted by molar-refractivity contribution is -0.144. The first-order valence-electron chi connectivity index (χ1n) is 11.1. The number of amides is 3. The maximum absolute atomic E-state index is 13.5. The molecule has 10 heteroatoms. The normalized spacial score (nSPS) is 13.0. The number of nitrogens with zero attached hydrogens (tertiary/aromatic N) is 1. The van der Waals surface area contributed by atoms with Crippen molar-refractivity contribution in [2.45, 2.75) is 65.6 Å². The average molecular weight is 480 g/mol. The van der Waals surface area contributed by atoms with Gasteiger partial charge >= 0.3 is 12.1 Å². The van der Waals surface area contributed by atoms with Crippen LogP contribution < -0.4 is 10.6 Å². The molecule has 0 fully saturated rings. The van der Waals surface area contributed by atoms with Crippen LogP contribution in [0.4, 0.5) is 4.79 Å². The minimum atomic E-state index is -1.27. The largest absolute Gasteiger partial charge is 0.507 e. The molecule has 0 aliphatic rings. The molecular formula is C24H37N3O7. The molecule has 0 saturated heterocycles. The Morgan fingerprint density at radius 2 is 1.76 bits per heavy atom. The van der Waals surface area contributed by atoms with Gasteiger partial charge in [-0.25, -0.2) is 4.79 Å². The number of para-hydroxylation sites is 1. The molecule has 10 nitrogen and oxygen atoms in total. The van der Waals surface area contributed by atoms with Crippen molar-refractivity contribution in [1.29, 1.82) is 0 Å². The fourth-order valence-corrected chi connectivity index (χ4v) is 3.27. The topological polar surface area (TPSA) is 134 Å². The lowest BCUT2D eigenvalue weighted by atomic mass is 9.98. The average Bonchev–Trinajstić information content (AvgIpc) is 2.72. The number of aryl methyl sites for hydroxylation is 1. The van der Waals surface area contributed by atoms with Gasteiger partial charge in [-0.1, -0.05) is 32.0 Å². The Labute approximate surface area is 201 Å². The van der Waals surface area contributed by atoms with Gasteiger partial charge in [0, 0.05) is 12.6 Å². The molecule has 3 N–H and O–H groups in total. The third-order valence-electron chi connectivity index (χ3n) is 4.88. The van der Waals surface area contributed by atoms with Crippen LogP contribution in [0.5, 0.6) is 5.75 Å². The SMILES string of the molecule is COC(=O)CNC(=O)C(c1cccc(C)c1O)N(C)C(=O)C(CC(C)C)NC(=O)OC(C)(C)C. The molecule has 2 unspecified atom stereocenters. The monoisotopic (exact) mass is 479 g/mol. The third-order valence-corrected chi connectivity index (χ3v) is 4.88. The molecule has 0 aliphatic carbocycles. The number of phenols is 1. The molecule has 34 heavy (non-hydrogen) atoms. The van der Waals surface area contributed by atoms with Crippen LogP contribution in [-0.4, -0.2) is 66.2 Å². The van der Waals surface area contributed by atoms with Crippen LogP contribution in [0.1, 0.15) is 58.2 Å². The number of phenolic OH excluding ortho intramolecular Hbond substituents is 1. The minimum absolute atomic E-state index is 0.0382. The molecule has 1 aromatic rings. The minimum Gasteiger partial charge on any atom is -0.507 e. The van der Waals surface area contributed by atoms with E-state index >= 15 is 0 Å². The second-order valence-electron chi connectivity index (χ2n) is 9.49. The van der Waals surface area contributed by atoms with Crippen LogP contribution >= 0.6 is 0 Å². The maximum atomic E-state index is 13.5. The first kappa shape index (κ1) is 28.7. The van der Waals surface area contributed by atoms with Gasteiger partial charge in [-0.05, 0) is 45.6 Å². The predicted molar refractivity (Wildman–Crippen MR) is 126 cm³/mol. The second-order valence-corrected chi connectivity index (χ2v) is 9.49. The fourth-order valence-electron chi connectivity index (χ4n) is 3.27. The highest BCUT2D eigenvalue weighted by Gasteiger charge is 2.36. The molecule has 1 aromatic carbocycles. The summed E-state index contributed by atoms with van der Waals surface area (Å²) < 4.78 is 9.85. The number of methoxy groups -OCH3 is 1. The fraction of sp³-hybridized carbons (Fsp3) is 0.583. The third kappa shape index (κ3) is 8.57. The number of likely N-dealkylation sites (N-methyl/N-ethyl adjacent to an activating group) is 1. The molecule has 0 saturated carbocycles. The summed E-state index contributed by atoms with van der Waals surface area (Å²) in [5.74, 6) is -2.03. The summed E-state index contributed by atoms with van der Waals surface area (Å²) in [6.07, 6.45) is -0.469. The maximum Gasteiger partial charge on any atom is 0.408 e. The Kier molecular flexibility index (Phi) is 10.3. The number of esters is 1. The van der Waals surface area contributed by atoms with Crippen molar-refractivity contribution >= 4 is 23.9 Å². The Morgan fingerprint density at radius 3 is 2.29 bits per heavy atom. The number of carbonyl (C=O) groups is 4. The zero-order chi connectivity index (χ0) is 26.2. The first-order chi connectivity index (χ1) is 15.7. The Morgan fingerprint density at radius 1 is 1.15 bits per heavy atom. The van der Waals surface area contributed by atoms with Gasteiger partial charge in [-0.15, -0.1) is 0 Å². The van der Waals surface area contributed by atoms with Crippen molar-refractivity contribution in [3.63, 3.8) is 0 Å². The van der Waals surface area contributed by atoms with Gasteiger partial charge in [0.1, 0.15) is 30.0 Å². The number of aromatic hydroxyl groups is 1. The van der Waals surface area contributed by atoms with Crippen molar-refractivity contribution in [2.75, 3.05) is 20.7 Å². The van der Waals surface area contributed by atoms with Crippen molar-refractivity contribution < 1.29 is 33.8 Å². The number of hydrogen-bond donors (Lipinski definition) is 3. The van der Waals surface area contributed by atoms with Gasteiger partial charge in [-0.2, -0.15) is 0 Å². The molecule has 2 atom stereocenters. The van der Waals surface area contributed by atoms with E-state index in [9.17, 15) is 24.3 Å². The summed E-state index contributed by atoms with van der Waals surface area (Å²) in [5.41, 5.74) is -0.0704. The first-order valence-corrected chi connectivity index (χ1v) is 11.1. The van der Waals surface area contributed by atoms with Crippen LogP contribution in [0.2, 0.25) is 0 Å². The summed E-state index contributed by atoms with van der Waals surface area (Å²) in [5, 5.41) is 15.7. The number of benzene rings is 1. The van der Waals surface area contributed by atoms with E-state index in [0.29, 0.717) is 12.0 Å². The van der Waals surface area contributed by atoms with Crippen LogP contribution in [0.3, 0.4) is 0 Å². The zero-order valence-corrected chi connectivity index (χ0v) is 21.2. The summed E-state index contributed by atoms with van der Waals surface area (Å²) in [6, 6.07) is 2.58. The molecule has 0 aliphatic heterocycles. The highest BCUT2D eigenvalue weighted by atomic mass is 16.6. The number of alkyl carbamates (subject to hydrolysis) is 1.